The highest BCUT2D eigenvalue weighted by Gasteiger charge is 2.16. The lowest BCUT2D eigenvalue weighted by Crippen LogP contribution is -2.09. The van der Waals surface area contributed by atoms with Gasteiger partial charge in [-0.25, -0.2) is 4.79 Å². The molecule has 0 aromatic heterocycles. The van der Waals surface area contributed by atoms with Crippen LogP contribution in [0.4, 0.5) is 5.69 Å². The van der Waals surface area contributed by atoms with Gasteiger partial charge in [-0.05, 0) is 31.4 Å². The molecule has 0 fully saturated rings. The fraction of sp³-hybridized carbons (Fsp3) is 0.462. The van der Waals surface area contributed by atoms with E-state index in [1.165, 1.54) is 7.11 Å². The molecule has 5 nitrogen and oxygen atoms in total. The Morgan fingerprint density at radius 2 is 2.11 bits per heavy atom. The SMILES string of the molecule is COC(=O)c1c(N)cccc1OCCCCCO. The molecule has 1 aromatic carbocycles. The van der Waals surface area contributed by atoms with E-state index in [1.54, 1.807) is 18.2 Å². The van der Waals surface area contributed by atoms with E-state index in [9.17, 15) is 4.79 Å². The van der Waals surface area contributed by atoms with Crippen LogP contribution in [0, 0.1) is 0 Å². The molecule has 0 heterocycles. The average Bonchev–Trinajstić information content (AvgIpc) is 2.38. The monoisotopic (exact) mass is 253 g/mol. The van der Waals surface area contributed by atoms with Gasteiger partial charge in [0, 0.05) is 12.3 Å². The van der Waals surface area contributed by atoms with Gasteiger partial charge in [0.25, 0.3) is 0 Å². The van der Waals surface area contributed by atoms with Gasteiger partial charge in [0.15, 0.2) is 0 Å². The Balaban J connectivity index is 2.64. The Morgan fingerprint density at radius 3 is 2.78 bits per heavy atom. The summed E-state index contributed by atoms with van der Waals surface area (Å²) in [4.78, 5) is 11.6. The molecular formula is C13H19NO4. The molecule has 0 atom stereocenters. The lowest BCUT2D eigenvalue weighted by molar-refractivity contribution is 0.0597. The van der Waals surface area contributed by atoms with Crippen molar-refractivity contribution in [3.8, 4) is 5.75 Å². The molecule has 5 heteroatoms. The Kier molecular flexibility index (Phi) is 6.00. The molecule has 0 bridgehead atoms. The number of nitrogens with two attached hydrogens (primary N) is 1. The minimum atomic E-state index is -0.501. The van der Waals surface area contributed by atoms with Crippen LogP contribution in [0.25, 0.3) is 0 Å². The molecule has 0 saturated heterocycles. The summed E-state index contributed by atoms with van der Waals surface area (Å²) in [7, 11) is 1.31. The van der Waals surface area contributed by atoms with E-state index in [4.69, 9.17) is 15.6 Å². The number of unbranched alkanes of at least 4 members (excludes halogenated alkanes) is 2. The summed E-state index contributed by atoms with van der Waals surface area (Å²) >= 11 is 0. The van der Waals surface area contributed by atoms with Gasteiger partial charge < -0.3 is 20.3 Å². The second-order valence-corrected chi connectivity index (χ2v) is 3.84. The molecule has 0 aliphatic heterocycles. The number of hydrogen-bond acceptors (Lipinski definition) is 5. The second-order valence-electron chi connectivity index (χ2n) is 3.84. The van der Waals surface area contributed by atoms with Crippen molar-refractivity contribution in [2.45, 2.75) is 19.3 Å². The second kappa shape index (κ2) is 7.55. The number of methoxy groups -OCH3 is 1. The van der Waals surface area contributed by atoms with E-state index in [-0.39, 0.29) is 12.2 Å². The summed E-state index contributed by atoms with van der Waals surface area (Å²) in [5.41, 5.74) is 6.34. The highest BCUT2D eigenvalue weighted by atomic mass is 16.5. The average molecular weight is 253 g/mol. The fourth-order valence-electron chi connectivity index (χ4n) is 1.56. The maximum absolute atomic E-state index is 11.6. The van der Waals surface area contributed by atoms with E-state index in [2.05, 4.69) is 4.74 Å². The predicted octanol–water partition coefficient (Wildman–Crippen LogP) is 1.60. The van der Waals surface area contributed by atoms with Crippen LogP contribution in [0.2, 0.25) is 0 Å². The van der Waals surface area contributed by atoms with E-state index in [1.807, 2.05) is 0 Å². The normalized spacial score (nSPS) is 10.1. The first kappa shape index (κ1) is 14.3. The molecule has 0 saturated carbocycles. The summed E-state index contributed by atoms with van der Waals surface area (Å²) in [5.74, 6) is -0.0655. The van der Waals surface area contributed by atoms with Gasteiger partial charge >= 0.3 is 5.97 Å². The van der Waals surface area contributed by atoms with E-state index >= 15 is 0 Å². The third-order valence-electron chi connectivity index (χ3n) is 2.51. The minimum absolute atomic E-state index is 0.186. The number of ether oxygens (including phenoxy) is 2. The molecule has 1 aromatic rings. The van der Waals surface area contributed by atoms with Crippen molar-refractivity contribution in [1.82, 2.24) is 0 Å². The smallest absolute Gasteiger partial charge is 0.343 e. The fourth-order valence-corrected chi connectivity index (χ4v) is 1.56. The highest BCUT2D eigenvalue weighted by Crippen LogP contribution is 2.25. The van der Waals surface area contributed by atoms with Crippen LogP contribution >= 0.6 is 0 Å². The Morgan fingerprint density at radius 1 is 1.33 bits per heavy atom. The molecule has 18 heavy (non-hydrogen) atoms. The predicted molar refractivity (Wildman–Crippen MR) is 68.6 cm³/mol. The maximum atomic E-state index is 11.6. The van der Waals surface area contributed by atoms with E-state index in [0.29, 0.717) is 18.0 Å². The molecule has 1 rings (SSSR count). The molecule has 0 spiro atoms. The number of esters is 1. The number of carbonyl (C=O) groups excluding carboxylic acids is 1. The van der Waals surface area contributed by atoms with Crippen molar-refractivity contribution in [1.29, 1.82) is 0 Å². The van der Waals surface area contributed by atoms with Gasteiger partial charge in [0.05, 0.1) is 13.7 Å². The van der Waals surface area contributed by atoms with E-state index in [0.717, 1.165) is 19.3 Å². The third-order valence-corrected chi connectivity index (χ3v) is 2.51. The quantitative estimate of drug-likeness (QED) is 0.438. The maximum Gasteiger partial charge on any atom is 0.343 e. The molecule has 3 N–H and O–H groups in total. The van der Waals surface area contributed by atoms with Crippen LogP contribution in [0.15, 0.2) is 18.2 Å². The van der Waals surface area contributed by atoms with Gasteiger partial charge in [-0.2, -0.15) is 0 Å². The van der Waals surface area contributed by atoms with Crippen LogP contribution in [0.3, 0.4) is 0 Å². The first-order chi connectivity index (χ1) is 8.70. The van der Waals surface area contributed by atoms with Gasteiger partial charge in [-0.3, -0.25) is 0 Å². The van der Waals surface area contributed by atoms with Gasteiger partial charge in [0.1, 0.15) is 11.3 Å². The number of benzene rings is 1. The summed E-state index contributed by atoms with van der Waals surface area (Å²) in [5, 5.41) is 8.65. The van der Waals surface area contributed by atoms with Crippen molar-refractivity contribution in [3.63, 3.8) is 0 Å². The molecule has 0 radical (unpaired) electrons. The third kappa shape index (κ3) is 3.92. The van der Waals surface area contributed by atoms with Gasteiger partial charge in [-0.1, -0.05) is 6.07 Å². The Labute approximate surface area is 107 Å². The Hall–Kier alpha value is -1.75. The highest BCUT2D eigenvalue weighted by molar-refractivity contribution is 5.98. The largest absolute Gasteiger partial charge is 0.493 e. The van der Waals surface area contributed by atoms with Gasteiger partial charge in [-0.15, -0.1) is 0 Å². The standard InChI is InChI=1S/C13H19NO4/c1-17-13(16)12-10(14)6-5-7-11(12)18-9-4-2-3-8-15/h5-7,15H,2-4,8-9,14H2,1H3. The zero-order chi connectivity index (χ0) is 13.4. The number of carbonyl (C=O) groups is 1. The van der Waals surface area contributed by atoms with Crippen LogP contribution in [0.5, 0.6) is 5.75 Å². The van der Waals surface area contributed by atoms with Crippen LogP contribution < -0.4 is 10.5 Å². The Bertz CT molecular complexity index is 393. The number of nitrogen functional groups attached to an aromatic ring is 1. The van der Waals surface area contributed by atoms with Crippen molar-refractivity contribution in [2.24, 2.45) is 0 Å². The number of rotatable bonds is 7. The summed E-state index contributed by atoms with van der Waals surface area (Å²) in [6, 6.07) is 5.05. The summed E-state index contributed by atoms with van der Waals surface area (Å²) in [6.45, 7) is 0.666. The topological polar surface area (TPSA) is 81.8 Å². The number of aliphatic hydroxyl groups excluding tert-OH is 1. The summed E-state index contributed by atoms with van der Waals surface area (Å²) in [6.07, 6.45) is 2.45. The zero-order valence-corrected chi connectivity index (χ0v) is 10.5. The van der Waals surface area contributed by atoms with Crippen LogP contribution in [0.1, 0.15) is 29.6 Å². The van der Waals surface area contributed by atoms with Crippen molar-refractivity contribution >= 4 is 11.7 Å². The zero-order valence-electron chi connectivity index (χ0n) is 10.5. The number of hydrogen-bond donors (Lipinski definition) is 2. The molecule has 0 unspecified atom stereocenters. The first-order valence-electron chi connectivity index (χ1n) is 5.91. The number of anilines is 1. The molecule has 0 aliphatic carbocycles. The summed E-state index contributed by atoms with van der Waals surface area (Å²) < 4.78 is 10.2. The lowest BCUT2D eigenvalue weighted by atomic mass is 10.1. The molecule has 0 amide bonds. The van der Waals surface area contributed by atoms with Crippen molar-refractivity contribution < 1.29 is 19.4 Å². The van der Waals surface area contributed by atoms with Crippen molar-refractivity contribution in [2.75, 3.05) is 26.1 Å². The van der Waals surface area contributed by atoms with E-state index < -0.39 is 5.97 Å². The van der Waals surface area contributed by atoms with Crippen LogP contribution in [-0.4, -0.2) is 31.4 Å². The molecule has 0 aliphatic rings. The molecule has 100 valence electrons. The lowest BCUT2D eigenvalue weighted by Gasteiger charge is -2.11. The first-order valence-corrected chi connectivity index (χ1v) is 5.91. The van der Waals surface area contributed by atoms with Gasteiger partial charge in [0.2, 0.25) is 0 Å². The van der Waals surface area contributed by atoms with Crippen molar-refractivity contribution in [3.05, 3.63) is 23.8 Å². The minimum Gasteiger partial charge on any atom is -0.493 e. The molecular weight excluding hydrogens is 234 g/mol. The number of aliphatic hydroxyl groups is 1. The van der Waals surface area contributed by atoms with Crippen LogP contribution in [-0.2, 0) is 4.74 Å².